The van der Waals surface area contributed by atoms with Crippen molar-refractivity contribution < 1.29 is 19.1 Å². The third kappa shape index (κ3) is 2.49. The number of hydrogen-bond donors (Lipinski definition) is 1. The minimum Gasteiger partial charge on any atom is -0.503 e. The number of ketones is 1. The van der Waals surface area contributed by atoms with Crippen molar-refractivity contribution in [2.24, 2.45) is 0 Å². The first-order valence-corrected chi connectivity index (χ1v) is 8.44. The van der Waals surface area contributed by atoms with E-state index in [4.69, 9.17) is 4.42 Å². The van der Waals surface area contributed by atoms with Gasteiger partial charge in [-0.15, -0.1) is 10.2 Å². The van der Waals surface area contributed by atoms with Crippen LogP contribution in [0.15, 0.2) is 58.7 Å². The number of rotatable bonds is 4. The highest BCUT2D eigenvalue weighted by atomic mass is 32.1. The predicted octanol–water partition coefficient (Wildman–Crippen LogP) is 2.62. The number of aryl methyl sites for hydroxylation is 1. The molecule has 0 fully saturated rings. The number of carbonyl (C=O) groups is 2. The van der Waals surface area contributed by atoms with Crippen LogP contribution in [0, 0.1) is 6.92 Å². The molecular formula is C17H12N4O4S. The van der Waals surface area contributed by atoms with Crippen molar-refractivity contribution in [1.82, 2.24) is 15.2 Å². The summed E-state index contributed by atoms with van der Waals surface area (Å²) < 4.78 is 5.15. The molecule has 4 heterocycles. The molecule has 0 aliphatic carbocycles. The van der Waals surface area contributed by atoms with Crippen LogP contribution in [0.2, 0.25) is 0 Å². The first-order valence-electron chi connectivity index (χ1n) is 7.63. The van der Waals surface area contributed by atoms with Crippen molar-refractivity contribution in [3.05, 3.63) is 70.6 Å². The van der Waals surface area contributed by atoms with E-state index in [0.717, 1.165) is 0 Å². The molecule has 0 radical (unpaired) electrons. The summed E-state index contributed by atoms with van der Waals surface area (Å²) in [5, 5.41) is 19.3. The van der Waals surface area contributed by atoms with Gasteiger partial charge in [-0.1, -0.05) is 17.4 Å². The van der Waals surface area contributed by atoms with Gasteiger partial charge in [0.2, 0.25) is 10.9 Å². The van der Waals surface area contributed by atoms with E-state index in [1.165, 1.54) is 34.8 Å². The van der Waals surface area contributed by atoms with E-state index in [2.05, 4.69) is 15.2 Å². The molecule has 26 heavy (non-hydrogen) atoms. The molecule has 3 aromatic rings. The number of furan rings is 1. The highest BCUT2D eigenvalue weighted by molar-refractivity contribution is 7.15. The summed E-state index contributed by atoms with van der Waals surface area (Å²) in [5.74, 6) is -1.89. The Morgan fingerprint density at radius 2 is 2.15 bits per heavy atom. The highest BCUT2D eigenvalue weighted by Crippen LogP contribution is 2.42. The average molecular weight is 368 g/mol. The lowest BCUT2D eigenvalue weighted by molar-refractivity contribution is -0.117. The second-order valence-electron chi connectivity index (χ2n) is 5.54. The van der Waals surface area contributed by atoms with Crippen LogP contribution >= 0.6 is 11.3 Å². The zero-order chi connectivity index (χ0) is 18.3. The van der Waals surface area contributed by atoms with Gasteiger partial charge in [0.1, 0.15) is 5.01 Å². The zero-order valence-corrected chi connectivity index (χ0v) is 14.3. The summed E-state index contributed by atoms with van der Waals surface area (Å²) in [4.78, 5) is 30.9. The number of aliphatic hydroxyl groups is 1. The molecule has 0 unspecified atom stereocenters. The molecule has 4 rings (SSSR count). The van der Waals surface area contributed by atoms with Crippen molar-refractivity contribution >= 4 is 28.2 Å². The van der Waals surface area contributed by atoms with Gasteiger partial charge in [-0.05, 0) is 30.7 Å². The Kier molecular flexibility index (Phi) is 3.85. The van der Waals surface area contributed by atoms with E-state index in [1.807, 2.05) is 0 Å². The van der Waals surface area contributed by atoms with Crippen LogP contribution in [0.3, 0.4) is 0 Å². The minimum absolute atomic E-state index is 0.0311. The first kappa shape index (κ1) is 16.2. The maximum absolute atomic E-state index is 12.9. The van der Waals surface area contributed by atoms with Gasteiger partial charge >= 0.3 is 0 Å². The largest absolute Gasteiger partial charge is 0.503 e. The molecule has 1 aliphatic rings. The van der Waals surface area contributed by atoms with Crippen molar-refractivity contribution in [2.45, 2.75) is 13.0 Å². The van der Waals surface area contributed by atoms with Crippen molar-refractivity contribution in [3.63, 3.8) is 0 Å². The summed E-state index contributed by atoms with van der Waals surface area (Å²) in [7, 11) is 0. The third-order valence-corrected chi connectivity index (χ3v) is 4.76. The number of carbonyl (C=O) groups excluding carboxylic acids is 2. The predicted molar refractivity (Wildman–Crippen MR) is 91.8 cm³/mol. The molecule has 0 bridgehead atoms. The van der Waals surface area contributed by atoms with Crippen molar-refractivity contribution in [1.29, 1.82) is 0 Å². The number of hydrogen-bond acceptors (Lipinski definition) is 8. The fraction of sp³-hybridized carbons (Fsp3) is 0.118. The Balaban J connectivity index is 1.88. The molecule has 0 saturated carbocycles. The van der Waals surface area contributed by atoms with Gasteiger partial charge < -0.3 is 9.52 Å². The average Bonchev–Trinajstić information content (AvgIpc) is 3.37. The number of aliphatic hydroxyl groups excluding tert-OH is 1. The molecule has 0 saturated heterocycles. The molecule has 1 amide bonds. The fourth-order valence-corrected chi connectivity index (χ4v) is 3.53. The van der Waals surface area contributed by atoms with E-state index in [0.29, 0.717) is 10.6 Å². The number of Topliss-reactive ketones (excluding diaryl/α,β-unsaturated/α-hetero) is 1. The van der Waals surface area contributed by atoms with Gasteiger partial charge in [0.25, 0.3) is 5.91 Å². The summed E-state index contributed by atoms with van der Waals surface area (Å²) in [6, 6.07) is 5.58. The Labute approximate surface area is 151 Å². The molecule has 0 aromatic carbocycles. The van der Waals surface area contributed by atoms with Crippen LogP contribution in [0.25, 0.3) is 0 Å². The quantitative estimate of drug-likeness (QED) is 0.705. The van der Waals surface area contributed by atoms with Gasteiger partial charge in [-0.3, -0.25) is 19.5 Å². The molecule has 1 N–H and O–H groups in total. The summed E-state index contributed by atoms with van der Waals surface area (Å²) in [6.45, 7) is 1.75. The minimum atomic E-state index is -0.874. The Morgan fingerprint density at radius 1 is 1.31 bits per heavy atom. The van der Waals surface area contributed by atoms with Gasteiger partial charge in [0, 0.05) is 12.4 Å². The van der Waals surface area contributed by atoms with Crippen LogP contribution in [0.1, 0.15) is 27.2 Å². The summed E-state index contributed by atoms with van der Waals surface area (Å²) in [6.07, 6.45) is 4.47. The highest BCUT2D eigenvalue weighted by Gasteiger charge is 2.46. The van der Waals surface area contributed by atoms with Crippen LogP contribution in [-0.4, -0.2) is 32.0 Å². The number of anilines is 1. The van der Waals surface area contributed by atoms with E-state index in [-0.39, 0.29) is 16.5 Å². The zero-order valence-electron chi connectivity index (χ0n) is 13.5. The molecule has 9 heteroatoms. The van der Waals surface area contributed by atoms with Crippen LogP contribution in [-0.2, 0) is 4.79 Å². The third-order valence-electron chi connectivity index (χ3n) is 3.92. The fourth-order valence-electron chi connectivity index (χ4n) is 2.81. The Hall–Kier alpha value is -3.33. The van der Waals surface area contributed by atoms with Crippen LogP contribution < -0.4 is 4.90 Å². The lowest BCUT2D eigenvalue weighted by atomic mass is 9.96. The van der Waals surface area contributed by atoms with Gasteiger partial charge in [0.05, 0.1) is 17.9 Å². The summed E-state index contributed by atoms with van der Waals surface area (Å²) >= 11 is 1.19. The standard InChI is InChI=1S/C17H12N4O4S/c1-9-19-20-17(26-9)21-13(10-4-2-6-18-8-10)12(15(23)16(21)24)14(22)11-5-3-7-25-11/h2-8,13,23H,1H3/t13-/m1/s1. The van der Waals surface area contributed by atoms with Gasteiger partial charge in [0.15, 0.2) is 11.5 Å². The second-order valence-corrected chi connectivity index (χ2v) is 6.70. The first-order chi connectivity index (χ1) is 12.6. The second kappa shape index (κ2) is 6.19. The van der Waals surface area contributed by atoms with Gasteiger partial charge in [-0.2, -0.15) is 0 Å². The normalized spacial score (nSPS) is 17.2. The summed E-state index contributed by atoms with van der Waals surface area (Å²) in [5.41, 5.74) is 0.485. The van der Waals surface area contributed by atoms with Crippen molar-refractivity contribution in [2.75, 3.05) is 4.90 Å². The monoisotopic (exact) mass is 368 g/mol. The SMILES string of the molecule is Cc1nnc(N2C(=O)C(O)=C(C(=O)c3ccco3)[C@H]2c2cccnc2)s1. The number of nitrogens with zero attached hydrogens (tertiary/aromatic N) is 4. The molecule has 1 aliphatic heterocycles. The van der Waals surface area contributed by atoms with E-state index in [9.17, 15) is 14.7 Å². The van der Waals surface area contributed by atoms with Crippen LogP contribution in [0.4, 0.5) is 5.13 Å². The van der Waals surface area contributed by atoms with Gasteiger partial charge in [-0.25, -0.2) is 0 Å². The van der Waals surface area contributed by atoms with E-state index >= 15 is 0 Å². The lowest BCUT2D eigenvalue weighted by Crippen LogP contribution is -2.31. The molecule has 1 atom stereocenters. The topological polar surface area (TPSA) is 109 Å². The molecule has 3 aromatic heterocycles. The number of pyridine rings is 1. The van der Waals surface area contributed by atoms with E-state index < -0.39 is 23.5 Å². The van der Waals surface area contributed by atoms with Crippen molar-refractivity contribution in [3.8, 4) is 0 Å². The molecule has 8 nitrogen and oxygen atoms in total. The van der Waals surface area contributed by atoms with E-state index in [1.54, 1.807) is 31.3 Å². The number of amides is 1. The Bertz CT molecular complexity index is 1010. The van der Waals surface area contributed by atoms with Crippen LogP contribution in [0.5, 0.6) is 0 Å². The molecule has 130 valence electrons. The maximum atomic E-state index is 12.9. The number of aromatic nitrogens is 3. The Morgan fingerprint density at radius 3 is 2.77 bits per heavy atom. The molecular weight excluding hydrogens is 356 g/mol. The molecule has 0 spiro atoms. The maximum Gasteiger partial charge on any atom is 0.296 e. The lowest BCUT2D eigenvalue weighted by Gasteiger charge is -2.23. The smallest absolute Gasteiger partial charge is 0.296 e.